The Balaban J connectivity index is 1.66. The summed E-state index contributed by atoms with van der Waals surface area (Å²) in [5.41, 5.74) is 3.71. The molecule has 6 heteroatoms. The molecule has 3 aromatic rings. The van der Waals surface area contributed by atoms with Crippen molar-refractivity contribution in [3.63, 3.8) is 0 Å². The summed E-state index contributed by atoms with van der Waals surface area (Å²) in [6.07, 6.45) is 0. The van der Waals surface area contributed by atoms with E-state index in [-0.39, 0.29) is 22.8 Å². The molecule has 32 heavy (non-hydrogen) atoms. The molecule has 1 N–H and O–H groups in total. The number of anilines is 2. The van der Waals surface area contributed by atoms with Gasteiger partial charge in [-0.3, -0.25) is 9.59 Å². The van der Waals surface area contributed by atoms with E-state index in [1.54, 1.807) is 12.0 Å². The van der Waals surface area contributed by atoms with Crippen LogP contribution in [0.2, 0.25) is 0 Å². The van der Waals surface area contributed by atoms with Crippen molar-refractivity contribution in [2.75, 3.05) is 23.1 Å². The number of amides is 2. The van der Waals surface area contributed by atoms with Crippen LogP contribution in [0.25, 0.3) is 0 Å². The van der Waals surface area contributed by atoms with Crippen molar-refractivity contribution in [1.29, 1.82) is 0 Å². The molecule has 0 radical (unpaired) electrons. The van der Waals surface area contributed by atoms with Gasteiger partial charge in [0, 0.05) is 11.4 Å². The maximum absolute atomic E-state index is 13.4. The Labute approximate surface area is 193 Å². The smallest absolute Gasteiger partial charge is 0.240 e. The van der Waals surface area contributed by atoms with Crippen molar-refractivity contribution in [2.45, 2.75) is 25.6 Å². The zero-order valence-corrected chi connectivity index (χ0v) is 19.4. The second-order valence-corrected chi connectivity index (χ2v) is 8.80. The van der Waals surface area contributed by atoms with E-state index >= 15 is 0 Å². The standard InChI is InChI=1S/C26H28N2O3S/c1-19-9-11-22(12-10-19)27-25(29)18-32-20(2)26(30)28(17-21-7-5-4-6-8-21)23-13-15-24(31-3)16-14-23/h4-16,20H,17-18H2,1-3H3,(H,27,29). The number of benzene rings is 3. The molecule has 5 nitrogen and oxygen atoms in total. The summed E-state index contributed by atoms with van der Waals surface area (Å²) in [5, 5.41) is 2.49. The molecule has 166 valence electrons. The Morgan fingerprint density at radius 3 is 2.25 bits per heavy atom. The third-order valence-corrected chi connectivity index (χ3v) is 6.11. The van der Waals surface area contributed by atoms with Gasteiger partial charge >= 0.3 is 0 Å². The Morgan fingerprint density at radius 1 is 0.969 bits per heavy atom. The zero-order chi connectivity index (χ0) is 22.9. The number of nitrogens with zero attached hydrogens (tertiary/aromatic N) is 1. The minimum absolute atomic E-state index is 0.0489. The van der Waals surface area contributed by atoms with Gasteiger partial charge in [-0.05, 0) is 55.8 Å². The monoisotopic (exact) mass is 448 g/mol. The molecule has 2 amide bonds. The maximum Gasteiger partial charge on any atom is 0.240 e. The lowest BCUT2D eigenvalue weighted by molar-refractivity contribution is -0.118. The first-order valence-corrected chi connectivity index (χ1v) is 11.5. The van der Waals surface area contributed by atoms with Gasteiger partial charge in [0.15, 0.2) is 0 Å². The maximum atomic E-state index is 13.4. The second kappa shape index (κ2) is 11.4. The van der Waals surface area contributed by atoms with Crippen LogP contribution >= 0.6 is 11.8 Å². The van der Waals surface area contributed by atoms with Gasteiger partial charge in [-0.2, -0.15) is 0 Å². The highest BCUT2D eigenvalue weighted by atomic mass is 32.2. The van der Waals surface area contributed by atoms with E-state index in [2.05, 4.69) is 5.32 Å². The third-order valence-electron chi connectivity index (χ3n) is 4.98. The van der Waals surface area contributed by atoms with Crippen molar-refractivity contribution < 1.29 is 14.3 Å². The molecular formula is C26H28N2O3S. The molecule has 0 aliphatic rings. The Morgan fingerprint density at radius 2 is 1.62 bits per heavy atom. The van der Waals surface area contributed by atoms with Crippen LogP contribution in [0.3, 0.4) is 0 Å². The summed E-state index contributed by atoms with van der Waals surface area (Å²) >= 11 is 1.33. The number of ether oxygens (including phenoxy) is 1. The van der Waals surface area contributed by atoms with Crippen LogP contribution in [0.15, 0.2) is 78.9 Å². The van der Waals surface area contributed by atoms with E-state index in [1.807, 2.05) is 92.7 Å². The number of nitrogens with one attached hydrogen (secondary N) is 1. The van der Waals surface area contributed by atoms with E-state index in [1.165, 1.54) is 11.8 Å². The number of carbonyl (C=O) groups excluding carboxylic acids is 2. The van der Waals surface area contributed by atoms with E-state index in [0.29, 0.717) is 6.54 Å². The van der Waals surface area contributed by atoms with Gasteiger partial charge in [0.25, 0.3) is 0 Å². The lowest BCUT2D eigenvalue weighted by Crippen LogP contribution is -2.36. The fraction of sp³-hybridized carbons (Fsp3) is 0.231. The molecule has 0 saturated heterocycles. The SMILES string of the molecule is COc1ccc(N(Cc2ccccc2)C(=O)C(C)SCC(=O)Nc2ccc(C)cc2)cc1. The highest BCUT2D eigenvalue weighted by Gasteiger charge is 2.23. The van der Waals surface area contributed by atoms with Crippen LogP contribution in [0.4, 0.5) is 11.4 Å². The molecule has 0 saturated carbocycles. The van der Waals surface area contributed by atoms with E-state index in [4.69, 9.17) is 4.74 Å². The number of methoxy groups -OCH3 is 1. The number of aryl methyl sites for hydroxylation is 1. The lowest BCUT2D eigenvalue weighted by atomic mass is 10.2. The number of hydrogen-bond acceptors (Lipinski definition) is 4. The number of thioether (sulfide) groups is 1. The molecule has 3 aromatic carbocycles. The molecule has 3 rings (SSSR count). The van der Waals surface area contributed by atoms with Gasteiger partial charge in [0.2, 0.25) is 11.8 Å². The summed E-state index contributed by atoms with van der Waals surface area (Å²) in [6, 6.07) is 24.9. The van der Waals surface area contributed by atoms with Crippen LogP contribution in [0.1, 0.15) is 18.1 Å². The summed E-state index contributed by atoms with van der Waals surface area (Å²) in [7, 11) is 1.61. The molecule has 0 bridgehead atoms. The fourth-order valence-corrected chi connectivity index (χ4v) is 3.89. The molecular weight excluding hydrogens is 420 g/mol. The average molecular weight is 449 g/mol. The molecule has 0 spiro atoms. The number of hydrogen-bond donors (Lipinski definition) is 1. The van der Waals surface area contributed by atoms with Crippen LogP contribution in [-0.2, 0) is 16.1 Å². The molecule has 0 heterocycles. The number of rotatable bonds is 9. The fourth-order valence-electron chi connectivity index (χ4n) is 3.15. The van der Waals surface area contributed by atoms with Crippen LogP contribution < -0.4 is 15.0 Å². The average Bonchev–Trinajstić information content (AvgIpc) is 2.83. The Bertz CT molecular complexity index is 1020. The molecule has 0 aromatic heterocycles. The topological polar surface area (TPSA) is 58.6 Å². The lowest BCUT2D eigenvalue weighted by Gasteiger charge is -2.26. The van der Waals surface area contributed by atoms with E-state index in [0.717, 1.165) is 28.3 Å². The highest BCUT2D eigenvalue weighted by molar-refractivity contribution is 8.01. The van der Waals surface area contributed by atoms with Gasteiger partial charge in [-0.25, -0.2) is 0 Å². The minimum atomic E-state index is -0.385. The normalized spacial score (nSPS) is 11.5. The first-order valence-electron chi connectivity index (χ1n) is 10.4. The summed E-state index contributed by atoms with van der Waals surface area (Å²) in [5.74, 6) is 0.753. The third kappa shape index (κ3) is 6.62. The van der Waals surface area contributed by atoms with Gasteiger partial charge in [-0.15, -0.1) is 11.8 Å². The van der Waals surface area contributed by atoms with E-state index < -0.39 is 0 Å². The first-order chi connectivity index (χ1) is 15.5. The van der Waals surface area contributed by atoms with Crippen molar-refractivity contribution in [1.82, 2.24) is 0 Å². The second-order valence-electron chi connectivity index (χ2n) is 7.48. The minimum Gasteiger partial charge on any atom is -0.497 e. The number of carbonyl (C=O) groups is 2. The van der Waals surface area contributed by atoms with Crippen molar-refractivity contribution in [3.8, 4) is 5.75 Å². The zero-order valence-electron chi connectivity index (χ0n) is 18.6. The van der Waals surface area contributed by atoms with Gasteiger partial charge in [0.1, 0.15) is 5.75 Å². The summed E-state index contributed by atoms with van der Waals surface area (Å²) < 4.78 is 5.24. The molecule has 0 aliphatic carbocycles. The summed E-state index contributed by atoms with van der Waals surface area (Å²) in [6.45, 7) is 4.29. The Kier molecular flexibility index (Phi) is 8.34. The van der Waals surface area contributed by atoms with Crippen molar-refractivity contribution in [3.05, 3.63) is 90.0 Å². The molecule has 0 aliphatic heterocycles. The Hall–Kier alpha value is -3.25. The predicted octanol–water partition coefficient (Wildman–Crippen LogP) is 5.30. The first kappa shape index (κ1) is 23.4. The largest absolute Gasteiger partial charge is 0.497 e. The van der Waals surface area contributed by atoms with Crippen molar-refractivity contribution in [2.24, 2.45) is 0 Å². The predicted molar refractivity (Wildman–Crippen MR) is 132 cm³/mol. The van der Waals surface area contributed by atoms with Gasteiger partial charge in [0.05, 0.1) is 24.7 Å². The van der Waals surface area contributed by atoms with Crippen molar-refractivity contribution >= 4 is 35.0 Å². The van der Waals surface area contributed by atoms with Gasteiger partial charge in [-0.1, -0.05) is 48.0 Å². The summed E-state index contributed by atoms with van der Waals surface area (Å²) in [4.78, 5) is 27.5. The van der Waals surface area contributed by atoms with Crippen LogP contribution in [0, 0.1) is 6.92 Å². The van der Waals surface area contributed by atoms with E-state index in [9.17, 15) is 9.59 Å². The quantitative estimate of drug-likeness (QED) is 0.483. The molecule has 1 unspecified atom stereocenters. The van der Waals surface area contributed by atoms with Crippen LogP contribution in [-0.4, -0.2) is 29.9 Å². The molecule has 1 atom stereocenters. The molecule has 0 fully saturated rings. The highest BCUT2D eigenvalue weighted by Crippen LogP contribution is 2.25. The van der Waals surface area contributed by atoms with Crippen LogP contribution in [0.5, 0.6) is 5.75 Å². The van der Waals surface area contributed by atoms with Gasteiger partial charge < -0.3 is 15.0 Å².